The van der Waals surface area contributed by atoms with Gasteiger partial charge in [0.05, 0.1) is 11.2 Å². The second-order valence-electron chi connectivity index (χ2n) is 6.87. The van der Waals surface area contributed by atoms with E-state index in [2.05, 4.69) is 34.2 Å². The summed E-state index contributed by atoms with van der Waals surface area (Å²) in [5, 5.41) is 2.03. The molecule has 2 aromatic carbocycles. The lowest BCUT2D eigenvalue weighted by Gasteiger charge is -2.13. The zero-order valence-electron chi connectivity index (χ0n) is 15.3. The van der Waals surface area contributed by atoms with Crippen LogP contribution in [0.2, 0.25) is 0 Å². The lowest BCUT2D eigenvalue weighted by molar-refractivity contribution is 1.21. The molecule has 134 valence electrons. The molecule has 28 heavy (non-hydrogen) atoms. The Bertz CT molecular complexity index is 1390. The zero-order chi connectivity index (χ0) is 19.1. The molecule has 5 rings (SSSR count). The number of nitrogens with one attached hydrogen (secondary N) is 1. The Labute approximate surface area is 161 Å². The Kier molecular flexibility index (Phi) is 3.76. The van der Waals surface area contributed by atoms with E-state index < -0.39 is 0 Å². The number of aromatic nitrogens is 3. The first-order valence-corrected chi connectivity index (χ1v) is 9.14. The fourth-order valence-electron chi connectivity index (χ4n) is 3.62. The first kappa shape index (κ1) is 16.4. The highest BCUT2D eigenvalue weighted by Crippen LogP contribution is 2.34. The van der Waals surface area contributed by atoms with Gasteiger partial charge in [0.15, 0.2) is 0 Å². The third-order valence-electron chi connectivity index (χ3n) is 5.00. The maximum absolute atomic E-state index is 12.0. The van der Waals surface area contributed by atoms with Crippen molar-refractivity contribution in [2.45, 2.75) is 6.92 Å². The van der Waals surface area contributed by atoms with Crippen LogP contribution in [0, 0.1) is 6.92 Å². The van der Waals surface area contributed by atoms with Crippen molar-refractivity contribution in [2.24, 2.45) is 0 Å². The second-order valence-corrected chi connectivity index (χ2v) is 6.87. The number of nitrogens with zero attached hydrogens (tertiary/aromatic N) is 2. The highest BCUT2D eigenvalue weighted by molar-refractivity contribution is 5.94. The number of hydrogen-bond acceptors (Lipinski definition) is 3. The normalized spacial score (nSPS) is 11.2. The molecule has 0 aliphatic heterocycles. The van der Waals surface area contributed by atoms with Gasteiger partial charge in [-0.3, -0.25) is 9.78 Å². The third kappa shape index (κ3) is 2.76. The molecular formula is C24H17N3O. The predicted octanol–water partition coefficient (Wildman–Crippen LogP) is 5.11. The summed E-state index contributed by atoms with van der Waals surface area (Å²) in [6, 6.07) is 24.0. The molecule has 0 saturated carbocycles. The Balaban J connectivity index is 1.85. The van der Waals surface area contributed by atoms with E-state index in [1.165, 1.54) is 0 Å². The van der Waals surface area contributed by atoms with Gasteiger partial charge in [0.25, 0.3) is 0 Å². The molecule has 0 radical (unpaired) electrons. The van der Waals surface area contributed by atoms with Gasteiger partial charge < -0.3 is 4.98 Å². The fourth-order valence-corrected chi connectivity index (χ4v) is 3.62. The monoisotopic (exact) mass is 363 g/mol. The van der Waals surface area contributed by atoms with Gasteiger partial charge in [-0.1, -0.05) is 42.5 Å². The fraction of sp³-hybridized carbons (Fsp3) is 0.0417. The van der Waals surface area contributed by atoms with Crippen molar-refractivity contribution in [2.75, 3.05) is 0 Å². The molecule has 0 spiro atoms. The van der Waals surface area contributed by atoms with Crippen LogP contribution in [0.4, 0.5) is 0 Å². The predicted molar refractivity (Wildman–Crippen MR) is 113 cm³/mol. The van der Waals surface area contributed by atoms with Gasteiger partial charge in [-0.15, -0.1) is 0 Å². The molecule has 0 bridgehead atoms. The summed E-state index contributed by atoms with van der Waals surface area (Å²) >= 11 is 0. The number of hydrogen-bond donors (Lipinski definition) is 1. The average Bonchev–Trinajstić information content (AvgIpc) is 2.73. The maximum Gasteiger partial charge on any atom is 0.249 e. The standard InChI is InChI=1S/C24H17N3O/c1-15-12-22(28)26-24-19(15)14-20(23(27-24)16-6-3-2-4-7-16)17-9-10-21-18(13-17)8-5-11-25-21/h2-14H,1H3,(H,26,27,28). The lowest BCUT2D eigenvalue weighted by atomic mass is 9.96. The quantitative estimate of drug-likeness (QED) is 0.474. The molecule has 0 aliphatic rings. The molecule has 0 fully saturated rings. The van der Waals surface area contributed by atoms with Crippen molar-refractivity contribution in [3.8, 4) is 22.4 Å². The van der Waals surface area contributed by atoms with Crippen LogP contribution in [0.15, 0.2) is 83.8 Å². The van der Waals surface area contributed by atoms with Crippen LogP contribution in [0.25, 0.3) is 44.3 Å². The van der Waals surface area contributed by atoms with Gasteiger partial charge in [0.1, 0.15) is 5.65 Å². The van der Waals surface area contributed by atoms with E-state index in [-0.39, 0.29) is 5.56 Å². The average molecular weight is 363 g/mol. The highest BCUT2D eigenvalue weighted by atomic mass is 16.1. The van der Waals surface area contributed by atoms with Crippen molar-refractivity contribution in [3.05, 3.63) is 94.9 Å². The summed E-state index contributed by atoms with van der Waals surface area (Å²) in [6.07, 6.45) is 1.80. The summed E-state index contributed by atoms with van der Waals surface area (Å²) in [5.74, 6) is 0. The number of rotatable bonds is 2. The minimum absolute atomic E-state index is 0.138. The number of H-pyrrole nitrogens is 1. The van der Waals surface area contributed by atoms with Crippen LogP contribution in [0.5, 0.6) is 0 Å². The zero-order valence-corrected chi connectivity index (χ0v) is 15.3. The van der Waals surface area contributed by atoms with Crippen molar-refractivity contribution >= 4 is 21.9 Å². The van der Waals surface area contributed by atoms with Crippen LogP contribution >= 0.6 is 0 Å². The first-order chi connectivity index (χ1) is 13.7. The van der Waals surface area contributed by atoms with E-state index >= 15 is 0 Å². The van der Waals surface area contributed by atoms with Gasteiger partial charge in [-0.25, -0.2) is 4.98 Å². The number of fused-ring (bicyclic) bond motifs is 2. The Morgan fingerprint density at radius 1 is 0.857 bits per heavy atom. The van der Waals surface area contributed by atoms with E-state index in [9.17, 15) is 4.79 Å². The van der Waals surface area contributed by atoms with Gasteiger partial charge >= 0.3 is 0 Å². The molecule has 1 N–H and O–H groups in total. The minimum Gasteiger partial charge on any atom is -0.307 e. The summed E-state index contributed by atoms with van der Waals surface area (Å²) < 4.78 is 0. The van der Waals surface area contributed by atoms with Crippen molar-refractivity contribution in [3.63, 3.8) is 0 Å². The molecule has 3 aromatic heterocycles. The Morgan fingerprint density at radius 3 is 2.57 bits per heavy atom. The third-order valence-corrected chi connectivity index (χ3v) is 5.00. The number of pyridine rings is 3. The van der Waals surface area contributed by atoms with E-state index in [4.69, 9.17) is 4.98 Å². The van der Waals surface area contributed by atoms with Gasteiger partial charge in [0.2, 0.25) is 5.56 Å². The van der Waals surface area contributed by atoms with Crippen LogP contribution in [0.3, 0.4) is 0 Å². The van der Waals surface area contributed by atoms with E-state index in [0.29, 0.717) is 5.65 Å². The Hall–Kier alpha value is -3.79. The van der Waals surface area contributed by atoms with Crippen molar-refractivity contribution < 1.29 is 0 Å². The van der Waals surface area contributed by atoms with Gasteiger partial charge in [0, 0.05) is 34.2 Å². The van der Waals surface area contributed by atoms with Gasteiger partial charge in [-0.2, -0.15) is 0 Å². The molecule has 0 atom stereocenters. The van der Waals surface area contributed by atoms with Crippen molar-refractivity contribution in [1.29, 1.82) is 0 Å². The van der Waals surface area contributed by atoms with Crippen LogP contribution in [-0.4, -0.2) is 15.0 Å². The smallest absolute Gasteiger partial charge is 0.249 e. The highest BCUT2D eigenvalue weighted by Gasteiger charge is 2.13. The van der Waals surface area contributed by atoms with Crippen LogP contribution < -0.4 is 5.56 Å². The number of aryl methyl sites for hydroxylation is 1. The molecule has 4 nitrogen and oxygen atoms in total. The number of benzene rings is 2. The summed E-state index contributed by atoms with van der Waals surface area (Å²) in [5.41, 5.74) is 6.29. The molecule has 0 amide bonds. The van der Waals surface area contributed by atoms with E-state index in [0.717, 1.165) is 44.2 Å². The maximum atomic E-state index is 12.0. The van der Waals surface area contributed by atoms with E-state index in [1.54, 1.807) is 12.3 Å². The van der Waals surface area contributed by atoms with E-state index in [1.807, 2.05) is 49.4 Å². The van der Waals surface area contributed by atoms with Crippen LogP contribution in [0.1, 0.15) is 5.56 Å². The molecule has 0 unspecified atom stereocenters. The summed E-state index contributed by atoms with van der Waals surface area (Å²) in [4.78, 5) is 24.1. The van der Waals surface area contributed by atoms with Crippen molar-refractivity contribution in [1.82, 2.24) is 15.0 Å². The van der Waals surface area contributed by atoms with Gasteiger partial charge in [-0.05, 0) is 42.3 Å². The summed E-state index contributed by atoms with van der Waals surface area (Å²) in [7, 11) is 0. The minimum atomic E-state index is -0.138. The second kappa shape index (κ2) is 6.43. The van der Waals surface area contributed by atoms with Crippen LogP contribution in [-0.2, 0) is 0 Å². The topological polar surface area (TPSA) is 58.6 Å². The molecule has 4 heteroatoms. The Morgan fingerprint density at radius 2 is 1.71 bits per heavy atom. The SMILES string of the molecule is Cc1cc(=O)[nH]c2nc(-c3ccccc3)c(-c3ccc4ncccc4c3)cc12. The largest absolute Gasteiger partial charge is 0.307 e. The molecular weight excluding hydrogens is 346 g/mol. The first-order valence-electron chi connectivity index (χ1n) is 9.14. The summed E-state index contributed by atoms with van der Waals surface area (Å²) in [6.45, 7) is 1.94. The molecule has 0 aliphatic carbocycles. The molecule has 3 heterocycles. The molecule has 5 aromatic rings. The molecule has 0 saturated heterocycles. The lowest BCUT2D eigenvalue weighted by Crippen LogP contribution is -2.07. The number of aromatic amines is 1.